The smallest absolute Gasteiger partial charge is 0.272 e. The van der Waals surface area contributed by atoms with E-state index < -0.39 is 30.8 Å². The van der Waals surface area contributed by atoms with Gasteiger partial charge in [-0.3, -0.25) is 4.72 Å². The van der Waals surface area contributed by atoms with Crippen LogP contribution in [0.2, 0.25) is 0 Å². The molecular weight excluding hydrogens is 353 g/mol. The summed E-state index contributed by atoms with van der Waals surface area (Å²) >= 11 is 0.788. The minimum atomic E-state index is -4.04. The molecule has 1 heterocycles. The van der Waals surface area contributed by atoms with Gasteiger partial charge in [0.25, 0.3) is 10.0 Å². The quantitative estimate of drug-likeness (QED) is 0.831. The number of halogens is 1. The van der Waals surface area contributed by atoms with Gasteiger partial charge < -0.3 is 0 Å². The van der Waals surface area contributed by atoms with Gasteiger partial charge >= 0.3 is 0 Å². The molecule has 2 aromatic rings. The van der Waals surface area contributed by atoms with Gasteiger partial charge in [0.15, 0.2) is 4.21 Å². The fourth-order valence-corrected chi connectivity index (χ4v) is 4.38. The molecule has 1 aromatic heterocycles. The Balaban J connectivity index is 2.41. The minimum absolute atomic E-state index is 0.0210. The molecule has 0 aliphatic carbocycles. The molecule has 2 rings (SSSR count). The molecule has 0 aliphatic heterocycles. The molecule has 1 aromatic carbocycles. The van der Waals surface area contributed by atoms with Gasteiger partial charge in [-0.15, -0.1) is 0 Å². The molecule has 0 atom stereocenters. The third kappa shape index (κ3) is 3.43. The summed E-state index contributed by atoms with van der Waals surface area (Å²) in [5, 5.41) is 0. The lowest BCUT2D eigenvalue weighted by Gasteiger charge is -2.09. The van der Waals surface area contributed by atoms with E-state index in [0.29, 0.717) is 5.69 Å². The van der Waals surface area contributed by atoms with Crippen molar-refractivity contribution in [2.24, 2.45) is 0 Å². The van der Waals surface area contributed by atoms with Crippen LogP contribution in [-0.4, -0.2) is 28.3 Å². The Morgan fingerprint density at radius 2 is 1.82 bits per heavy atom. The molecule has 0 fully saturated rings. The Labute approximate surface area is 131 Å². The van der Waals surface area contributed by atoms with Crippen molar-refractivity contribution in [3.8, 4) is 0 Å². The van der Waals surface area contributed by atoms with E-state index in [-0.39, 0.29) is 9.90 Å². The highest BCUT2D eigenvalue weighted by Gasteiger charge is 2.21. The van der Waals surface area contributed by atoms with Crippen LogP contribution in [0.1, 0.15) is 5.69 Å². The molecule has 22 heavy (non-hydrogen) atoms. The highest BCUT2D eigenvalue weighted by atomic mass is 32.2. The number of nitrogens with one attached hydrogen (secondary N) is 2. The zero-order chi connectivity index (χ0) is 16.5. The topological polar surface area (TPSA) is 105 Å². The van der Waals surface area contributed by atoms with Crippen molar-refractivity contribution in [2.75, 3.05) is 11.8 Å². The van der Waals surface area contributed by atoms with E-state index in [1.54, 1.807) is 6.92 Å². The molecular formula is C11H12FN3O4S3. The molecule has 0 unspecified atom stereocenters. The van der Waals surface area contributed by atoms with Gasteiger partial charge in [-0.1, -0.05) is 0 Å². The van der Waals surface area contributed by atoms with Crippen LogP contribution in [0.4, 0.5) is 10.1 Å². The Morgan fingerprint density at radius 3 is 2.36 bits per heavy atom. The Bertz CT molecular complexity index is 906. The predicted octanol–water partition coefficient (Wildman–Crippen LogP) is 1.30. The number of hydrogen-bond donors (Lipinski definition) is 2. The molecule has 0 saturated carbocycles. The van der Waals surface area contributed by atoms with E-state index in [2.05, 4.69) is 9.10 Å². The summed E-state index contributed by atoms with van der Waals surface area (Å²) < 4.78 is 69.2. The maximum Gasteiger partial charge on any atom is 0.272 e. The van der Waals surface area contributed by atoms with Crippen molar-refractivity contribution in [2.45, 2.75) is 16.0 Å². The number of aryl methyl sites for hydroxylation is 1. The summed E-state index contributed by atoms with van der Waals surface area (Å²) in [6.07, 6.45) is 0. The van der Waals surface area contributed by atoms with Crippen molar-refractivity contribution < 1.29 is 21.2 Å². The van der Waals surface area contributed by atoms with E-state index in [0.717, 1.165) is 36.8 Å². The zero-order valence-corrected chi connectivity index (χ0v) is 13.9. The van der Waals surface area contributed by atoms with Gasteiger partial charge in [-0.2, -0.15) is 4.37 Å². The van der Waals surface area contributed by atoms with Gasteiger partial charge in [-0.05, 0) is 49.8 Å². The number of anilines is 1. The first-order chi connectivity index (χ1) is 10.2. The van der Waals surface area contributed by atoms with Crippen molar-refractivity contribution in [1.29, 1.82) is 0 Å². The molecule has 0 radical (unpaired) electrons. The molecule has 0 spiro atoms. The SMILES string of the molecule is CNS(=O)(=O)c1cc(NS(=O)(=O)c2cc(C)ns2)ccc1F. The second-order valence-electron chi connectivity index (χ2n) is 4.25. The highest BCUT2D eigenvalue weighted by Crippen LogP contribution is 2.23. The van der Waals surface area contributed by atoms with Crippen LogP contribution in [0.15, 0.2) is 33.4 Å². The first-order valence-electron chi connectivity index (χ1n) is 5.85. The minimum Gasteiger partial charge on any atom is -0.279 e. The van der Waals surface area contributed by atoms with Gasteiger partial charge in [0.2, 0.25) is 10.0 Å². The summed E-state index contributed by atoms with van der Waals surface area (Å²) in [7, 11) is -6.81. The molecule has 0 saturated heterocycles. The number of nitrogens with zero attached hydrogens (tertiary/aromatic N) is 1. The lowest BCUT2D eigenvalue weighted by molar-refractivity contribution is 0.561. The van der Waals surface area contributed by atoms with Crippen molar-refractivity contribution in [1.82, 2.24) is 9.10 Å². The average molecular weight is 365 g/mol. The fraction of sp³-hybridized carbons (Fsp3) is 0.182. The van der Waals surface area contributed by atoms with Crippen LogP contribution < -0.4 is 9.44 Å². The predicted molar refractivity (Wildman–Crippen MR) is 80.3 cm³/mol. The van der Waals surface area contributed by atoms with Crippen LogP contribution in [0.25, 0.3) is 0 Å². The molecule has 120 valence electrons. The number of hydrogen-bond acceptors (Lipinski definition) is 6. The zero-order valence-electron chi connectivity index (χ0n) is 11.5. The van der Waals surface area contributed by atoms with Crippen molar-refractivity contribution in [3.63, 3.8) is 0 Å². The summed E-state index contributed by atoms with van der Waals surface area (Å²) in [4.78, 5) is -0.643. The molecule has 0 aliphatic rings. The third-order valence-electron chi connectivity index (χ3n) is 2.61. The van der Waals surface area contributed by atoms with Gasteiger partial charge in [-0.25, -0.2) is 25.9 Å². The third-order valence-corrected chi connectivity index (χ3v) is 6.75. The van der Waals surface area contributed by atoms with E-state index in [1.165, 1.54) is 6.07 Å². The van der Waals surface area contributed by atoms with E-state index >= 15 is 0 Å². The average Bonchev–Trinajstić information content (AvgIpc) is 2.88. The second-order valence-corrected chi connectivity index (χ2v) is 8.81. The lowest BCUT2D eigenvalue weighted by Crippen LogP contribution is -2.20. The molecule has 0 amide bonds. The Hall–Kier alpha value is -1.56. The van der Waals surface area contributed by atoms with Gasteiger partial charge in [0, 0.05) is 0 Å². The Morgan fingerprint density at radius 1 is 1.14 bits per heavy atom. The fourth-order valence-electron chi connectivity index (χ4n) is 1.56. The maximum absolute atomic E-state index is 13.6. The molecule has 11 heteroatoms. The number of benzene rings is 1. The second kappa shape index (κ2) is 5.91. The number of aromatic nitrogens is 1. The number of sulfonamides is 2. The van der Waals surface area contributed by atoms with Gasteiger partial charge in [0.1, 0.15) is 10.7 Å². The van der Waals surface area contributed by atoms with Crippen LogP contribution >= 0.6 is 11.5 Å². The van der Waals surface area contributed by atoms with Crippen LogP contribution in [0, 0.1) is 12.7 Å². The van der Waals surface area contributed by atoms with E-state index in [9.17, 15) is 21.2 Å². The maximum atomic E-state index is 13.6. The van der Waals surface area contributed by atoms with Crippen LogP contribution in [0.3, 0.4) is 0 Å². The summed E-state index contributed by atoms with van der Waals surface area (Å²) in [6, 6.07) is 4.30. The van der Waals surface area contributed by atoms with E-state index in [4.69, 9.17) is 0 Å². The number of rotatable bonds is 5. The standard InChI is InChI=1S/C11H12FN3O4S3/c1-7-5-11(20-14-7)22(18,19)15-8-3-4-9(12)10(6-8)21(16,17)13-2/h3-6,13,15H,1-2H3. The largest absolute Gasteiger partial charge is 0.279 e. The first-order valence-corrected chi connectivity index (χ1v) is 9.59. The summed E-state index contributed by atoms with van der Waals surface area (Å²) in [6.45, 7) is 1.64. The summed E-state index contributed by atoms with van der Waals surface area (Å²) in [5.74, 6) is -0.981. The summed E-state index contributed by atoms with van der Waals surface area (Å²) in [5.41, 5.74) is 0.476. The molecule has 2 N–H and O–H groups in total. The first kappa shape index (κ1) is 16.8. The molecule has 7 nitrogen and oxygen atoms in total. The van der Waals surface area contributed by atoms with Crippen LogP contribution in [0.5, 0.6) is 0 Å². The normalized spacial score (nSPS) is 12.3. The lowest BCUT2D eigenvalue weighted by atomic mass is 10.3. The van der Waals surface area contributed by atoms with Crippen LogP contribution in [-0.2, 0) is 20.0 Å². The molecule has 0 bridgehead atoms. The van der Waals surface area contributed by atoms with Crippen molar-refractivity contribution >= 4 is 37.3 Å². The van der Waals surface area contributed by atoms with E-state index in [1.807, 2.05) is 4.72 Å². The Kier molecular flexibility index (Phi) is 4.52. The highest BCUT2D eigenvalue weighted by molar-refractivity contribution is 7.94. The van der Waals surface area contributed by atoms with Crippen molar-refractivity contribution in [3.05, 3.63) is 35.8 Å². The monoisotopic (exact) mass is 365 g/mol. The van der Waals surface area contributed by atoms with Gasteiger partial charge in [0.05, 0.1) is 11.4 Å².